The van der Waals surface area contributed by atoms with Crippen LogP contribution in [0.15, 0.2) is 42.6 Å². The highest BCUT2D eigenvalue weighted by Gasteiger charge is 2.19. The van der Waals surface area contributed by atoms with Crippen LogP contribution in [0.3, 0.4) is 0 Å². The van der Waals surface area contributed by atoms with Gasteiger partial charge in [-0.3, -0.25) is 10.00 Å². The second-order valence-corrected chi connectivity index (χ2v) is 5.52. The molecule has 4 heteroatoms. The zero-order valence-electron chi connectivity index (χ0n) is 11.8. The normalized spacial score (nSPS) is 20.1. The van der Waals surface area contributed by atoms with E-state index in [4.69, 9.17) is 0 Å². The van der Waals surface area contributed by atoms with Crippen molar-refractivity contribution in [2.45, 2.75) is 32.0 Å². The van der Waals surface area contributed by atoms with Crippen LogP contribution in [0, 0.1) is 0 Å². The Morgan fingerprint density at radius 3 is 2.95 bits per heavy atom. The Kier molecular flexibility index (Phi) is 4.46. The lowest BCUT2D eigenvalue weighted by molar-refractivity contribution is 0.182. The van der Waals surface area contributed by atoms with E-state index >= 15 is 0 Å². The van der Waals surface area contributed by atoms with Crippen molar-refractivity contribution in [2.24, 2.45) is 0 Å². The van der Waals surface area contributed by atoms with Crippen molar-refractivity contribution in [3.63, 3.8) is 0 Å². The lowest BCUT2D eigenvalue weighted by Gasteiger charge is -2.33. The topological polar surface area (TPSA) is 44.0 Å². The molecule has 2 N–H and O–H groups in total. The van der Waals surface area contributed by atoms with Gasteiger partial charge in [0.25, 0.3) is 0 Å². The van der Waals surface area contributed by atoms with E-state index in [1.807, 2.05) is 6.07 Å². The van der Waals surface area contributed by atoms with Gasteiger partial charge < -0.3 is 5.32 Å². The van der Waals surface area contributed by atoms with E-state index in [0.717, 1.165) is 25.3 Å². The minimum atomic E-state index is 0.579. The molecule has 1 aliphatic rings. The van der Waals surface area contributed by atoms with Gasteiger partial charge in [0.15, 0.2) is 0 Å². The summed E-state index contributed by atoms with van der Waals surface area (Å²) in [4.78, 5) is 2.55. The second-order valence-electron chi connectivity index (χ2n) is 5.52. The fourth-order valence-corrected chi connectivity index (χ4v) is 2.84. The Balaban J connectivity index is 1.49. The molecule has 0 radical (unpaired) electrons. The number of H-pyrrole nitrogens is 1. The molecule has 1 aliphatic heterocycles. The van der Waals surface area contributed by atoms with Gasteiger partial charge in [0.05, 0.1) is 0 Å². The summed E-state index contributed by atoms with van der Waals surface area (Å²) in [5, 5.41) is 10.6. The van der Waals surface area contributed by atoms with Gasteiger partial charge in [-0.15, -0.1) is 0 Å². The number of aromatic amines is 1. The van der Waals surface area contributed by atoms with E-state index < -0.39 is 0 Å². The Morgan fingerprint density at radius 2 is 2.15 bits per heavy atom. The largest absolute Gasteiger partial charge is 0.307 e. The lowest BCUT2D eigenvalue weighted by Crippen LogP contribution is -2.45. The summed E-state index contributed by atoms with van der Waals surface area (Å²) in [6.07, 6.45) is 4.34. The molecule has 2 heterocycles. The van der Waals surface area contributed by atoms with Crippen molar-refractivity contribution >= 4 is 0 Å². The third kappa shape index (κ3) is 3.68. The fraction of sp³-hybridized carbons (Fsp3) is 0.438. The number of rotatable bonds is 5. The second kappa shape index (κ2) is 6.68. The monoisotopic (exact) mass is 270 g/mol. The van der Waals surface area contributed by atoms with Gasteiger partial charge in [-0.25, -0.2) is 0 Å². The summed E-state index contributed by atoms with van der Waals surface area (Å²) in [7, 11) is 0. The minimum Gasteiger partial charge on any atom is -0.307 e. The lowest BCUT2D eigenvalue weighted by atomic mass is 10.0. The van der Waals surface area contributed by atoms with Crippen LogP contribution >= 0.6 is 0 Å². The summed E-state index contributed by atoms with van der Waals surface area (Å²) >= 11 is 0. The molecule has 4 nitrogen and oxygen atoms in total. The quantitative estimate of drug-likeness (QED) is 0.875. The molecule has 1 aromatic heterocycles. The van der Waals surface area contributed by atoms with Crippen LogP contribution in [0.25, 0.3) is 0 Å². The molecule has 1 aromatic carbocycles. The maximum atomic E-state index is 3.98. The first kappa shape index (κ1) is 13.3. The van der Waals surface area contributed by atoms with Crippen LogP contribution < -0.4 is 5.32 Å². The fourth-order valence-electron chi connectivity index (χ4n) is 2.84. The summed E-state index contributed by atoms with van der Waals surface area (Å²) in [5.41, 5.74) is 2.56. The molecule has 1 saturated heterocycles. The third-order valence-corrected chi connectivity index (χ3v) is 3.89. The molecule has 1 fully saturated rings. The van der Waals surface area contributed by atoms with Crippen molar-refractivity contribution in [1.82, 2.24) is 20.4 Å². The van der Waals surface area contributed by atoms with E-state index in [1.54, 1.807) is 6.20 Å². The van der Waals surface area contributed by atoms with Gasteiger partial charge in [-0.1, -0.05) is 30.3 Å². The van der Waals surface area contributed by atoms with Gasteiger partial charge >= 0.3 is 0 Å². The summed E-state index contributed by atoms with van der Waals surface area (Å²) in [6.45, 7) is 4.27. The number of likely N-dealkylation sites (tertiary alicyclic amines) is 1. The van der Waals surface area contributed by atoms with Crippen molar-refractivity contribution in [1.29, 1.82) is 0 Å². The summed E-state index contributed by atoms with van der Waals surface area (Å²) < 4.78 is 0. The molecule has 106 valence electrons. The molecule has 0 amide bonds. The van der Waals surface area contributed by atoms with Crippen molar-refractivity contribution < 1.29 is 0 Å². The minimum absolute atomic E-state index is 0.579. The Bertz CT molecular complexity index is 494. The molecular formula is C16H22N4. The number of nitrogens with zero attached hydrogens (tertiary/aromatic N) is 2. The van der Waals surface area contributed by atoms with Gasteiger partial charge in [0, 0.05) is 37.6 Å². The van der Waals surface area contributed by atoms with Gasteiger partial charge in [-0.05, 0) is 31.0 Å². The van der Waals surface area contributed by atoms with Crippen LogP contribution in [0.5, 0.6) is 0 Å². The van der Waals surface area contributed by atoms with E-state index in [1.165, 1.54) is 24.9 Å². The Morgan fingerprint density at radius 1 is 1.25 bits per heavy atom. The first-order valence-electron chi connectivity index (χ1n) is 7.38. The highest BCUT2D eigenvalue weighted by molar-refractivity contribution is 5.14. The van der Waals surface area contributed by atoms with Crippen LogP contribution in [-0.2, 0) is 13.1 Å². The van der Waals surface area contributed by atoms with Crippen LogP contribution in [0.1, 0.15) is 24.1 Å². The predicted molar refractivity (Wildman–Crippen MR) is 80.2 cm³/mol. The molecule has 20 heavy (non-hydrogen) atoms. The van der Waals surface area contributed by atoms with E-state index in [2.05, 4.69) is 50.7 Å². The number of hydrogen-bond acceptors (Lipinski definition) is 3. The Labute approximate surface area is 120 Å². The molecule has 2 aromatic rings. The van der Waals surface area contributed by atoms with E-state index in [-0.39, 0.29) is 0 Å². The first-order chi connectivity index (χ1) is 9.90. The van der Waals surface area contributed by atoms with Crippen molar-refractivity contribution in [2.75, 3.05) is 13.1 Å². The van der Waals surface area contributed by atoms with Crippen molar-refractivity contribution in [3.8, 4) is 0 Å². The highest BCUT2D eigenvalue weighted by Crippen LogP contribution is 2.14. The summed E-state index contributed by atoms with van der Waals surface area (Å²) in [5.74, 6) is 0. The molecule has 0 spiro atoms. The maximum Gasteiger partial charge on any atom is 0.0490 e. The van der Waals surface area contributed by atoms with Gasteiger partial charge in [0.2, 0.25) is 0 Å². The molecule has 1 unspecified atom stereocenters. The maximum absolute atomic E-state index is 3.98. The average Bonchev–Trinajstić information content (AvgIpc) is 3.00. The van der Waals surface area contributed by atoms with Gasteiger partial charge in [-0.2, -0.15) is 5.10 Å². The van der Waals surface area contributed by atoms with Crippen molar-refractivity contribution in [3.05, 3.63) is 53.9 Å². The smallest absolute Gasteiger partial charge is 0.0490 e. The number of benzene rings is 1. The van der Waals surface area contributed by atoms with Gasteiger partial charge in [0.1, 0.15) is 0 Å². The molecular weight excluding hydrogens is 248 g/mol. The molecule has 0 bridgehead atoms. The Hall–Kier alpha value is -1.65. The van der Waals surface area contributed by atoms with Crippen LogP contribution in [0.4, 0.5) is 0 Å². The number of hydrogen-bond donors (Lipinski definition) is 2. The SMILES string of the molecule is c1ccc(CN2CCCC(NCc3ccn[nH]3)C2)cc1. The van der Waals surface area contributed by atoms with Crippen LogP contribution in [-0.4, -0.2) is 34.2 Å². The number of nitrogens with one attached hydrogen (secondary N) is 2. The van der Waals surface area contributed by atoms with E-state index in [0.29, 0.717) is 6.04 Å². The molecule has 3 rings (SSSR count). The average molecular weight is 270 g/mol. The standard InChI is InChI=1S/C16H22N4/c1-2-5-14(6-3-1)12-20-10-4-7-16(13-20)17-11-15-8-9-18-19-15/h1-3,5-6,8-9,16-17H,4,7,10-13H2,(H,18,19). The zero-order valence-corrected chi connectivity index (χ0v) is 11.8. The molecule has 0 aliphatic carbocycles. The molecule has 1 atom stereocenters. The molecule has 0 saturated carbocycles. The first-order valence-corrected chi connectivity index (χ1v) is 7.38. The van der Waals surface area contributed by atoms with E-state index in [9.17, 15) is 0 Å². The third-order valence-electron chi connectivity index (χ3n) is 3.89. The summed E-state index contributed by atoms with van der Waals surface area (Å²) in [6, 6.07) is 13.3. The number of aromatic nitrogens is 2. The highest BCUT2D eigenvalue weighted by atomic mass is 15.2. The van der Waals surface area contributed by atoms with Crippen LogP contribution in [0.2, 0.25) is 0 Å². The zero-order chi connectivity index (χ0) is 13.6. The number of piperidine rings is 1. The predicted octanol–water partition coefficient (Wildman–Crippen LogP) is 2.16.